The van der Waals surface area contributed by atoms with Gasteiger partial charge in [-0.2, -0.15) is 5.10 Å². The number of hydrogen-bond acceptors (Lipinski definition) is 8. The average molecular weight is 540 g/mol. The summed E-state index contributed by atoms with van der Waals surface area (Å²) in [4.78, 5) is 44.5. The Hall–Kier alpha value is -4.13. The predicted molar refractivity (Wildman–Crippen MR) is 142 cm³/mol. The van der Waals surface area contributed by atoms with Crippen LogP contribution in [0, 0.1) is 0 Å². The Morgan fingerprint density at radius 1 is 1.11 bits per heavy atom. The van der Waals surface area contributed by atoms with Gasteiger partial charge in [-0.25, -0.2) is 22.6 Å². The Balaban J connectivity index is 1.39. The number of carbonyl (C=O) groups is 3. The number of rotatable bonds is 8. The van der Waals surface area contributed by atoms with E-state index in [1.165, 1.54) is 24.3 Å². The second-order valence-corrected chi connectivity index (χ2v) is 10.8. The Morgan fingerprint density at radius 3 is 2.39 bits per heavy atom. The van der Waals surface area contributed by atoms with Crippen molar-refractivity contribution in [3.63, 3.8) is 0 Å². The van der Waals surface area contributed by atoms with E-state index in [1.807, 2.05) is 4.72 Å². The van der Waals surface area contributed by atoms with Crippen molar-refractivity contribution in [1.82, 2.24) is 19.8 Å². The minimum atomic E-state index is -4.31. The molecule has 0 bridgehead atoms. The van der Waals surface area contributed by atoms with Gasteiger partial charge in [-0.05, 0) is 81.3 Å². The highest BCUT2D eigenvalue weighted by atomic mass is 32.2. The third-order valence-electron chi connectivity index (χ3n) is 6.49. The zero-order valence-corrected chi connectivity index (χ0v) is 22.0. The Bertz CT molecular complexity index is 1460. The Labute approximate surface area is 220 Å². The molecule has 12 nitrogen and oxygen atoms in total. The molecule has 0 unspecified atom stereocenters. The van der Waals surface area contributed by atoms with Gasteiger partial charge < -0.3 is 10.6 Å². The number of allylic oxidation sites excluding steroid dienone is 1. The number of benzene rings is 1. The third kappa shape index (κ3) is 5.88. The molecule has 2 aliphatic carbocycles. The molecule has 0 saturated carbocycles. The lowest BCUT2D eigenvalue weighted by Crippen LogP contribution is -2.36. The van der Waals surface area contributed by atoms with E-state index in [0.29, 0.717) is 11.4 Å². The highest BCUT2D eigenvalue weighted by molar-refractivity contribution is 7.90. The number of urea groups is 1. The molecule has 0 radical (unpaired) electrons. The number of aliphatic imine (C=N–C) groups is 2. The van der Waals surface area contributed by atoms with Crippen LogP contribution < -0.4 is 15.4 Å². The number of sulfonamides is 1. The first-order chi connectivity index (χ1) is 18.1. The van der Waals surface area contributed by atoms with Gasteiger partial charge in [-0.1, -0.05) is 6.07 Å². The molecule has 13 heteroatoms. The van der Waals surface area contributed by atoms with E-state index in [0.717, 1.165) is 66.7 Å². The summed E-state index contributed by atoms with van der Waals surface area (Å²) >= 11 is 0. The molecule has 0 aliphatic heterocycles. The van der Waals surface area contributed by atoms with Gasteiger partial charge in [0.1, 0.15) is 10.6 Å². The van der Waals surface area contributed by atoms with Crippen LogP contribution in [0.3, 0.4) is 0 Å². The van der Waals surface area contributed by atoms with Crippen LogP contribution in [0.4, 0.5) is 10.5 Å². The van der Waals surface area contributed by atoms with Crippen molar-refractivity contribution >= 4 is 46.0 Å². The van der Waals surface area contributed by atoms with Gasteiger partial charge in [-0.15, -0.1) is 0 Å². The summed E-state index contributed by atoms with van der Waals surface area (Å²) in [6, 6.07) is 1.33. The van der Waals surface area contributed by atoms with E-state index < -0.39 is 34.4 Å². The number of aromatic nitrogens is 2. The number of aryl methyl sites for hydroxylation is 2. The predicted octanol–water partition coefficient (Wildman–Crippen LogP) is 2.15. The number of fused-ring (bicyclic) bond motifs is 2. The van der Waals surface area contributed by atoms with E-state index in [9.17, 15) is 22.8 Å². The summed E-state index contributed by atoms with van der Waals surface area (Å²) in [5.74, 6) is -1.28. The van der Waals surface area contributed by atoms with Gasteiger partial charge in [0.15, 0.2) is 0 Å². The fourth-order valence-corrected chi connectivity index (χ4v) is 5.36. The summed E-state index contributed by atoms with van der Waals surface area (Å²) in [6.45, 7) is 6.01. The molecule has 2 aromatic rings. The molecule has 1 heterocycles. The molecule has 4 rings (SSSR count). The zero-order valence-electron chi connectivity index (χ0n) is 21.2. The van der Waals surface area contributed by atoms with Crippen LogP contribution in [-0.4, -0.2) is 55.0 Å². The number of amides is 3. The van der Waals surface area contributed by atoms with E-state index in [4.69, 9.17) is 0 Å². The molecule has 200 valence electrons. The number of nitrogens with zero attached hydrogens (tertiary/aromatic N) is 4. The summed E-state index contributed by atoms with van der Waals surface area (Å²) in [7, 11) is -4.31. The van der Waals surface area contributed by atoms with Crippen LogP contribution in [0.1, 0.15) is 53.7 Å². The standard InChI is InChI=1S/C25H29N7O5S/c1-15(26-3)11-27-16(2)24(34)28-13-22(33)32-14-19(12-29-32)38(36,37)31-25(35)30-23-20-8-4-6-17(20)10-18-7-5-9-21(18)23/h10-12,14H,3-9,13H2,1-2H3,(H,28,34)(H2,30,31,35)/b15-11-,27-16?. The van der Waals surface area contributed by atoms with Crippen LogP contribution >= 0.6 is 0 Å². The van der Waals surface area contributed by atoms with Crippen LogP contribution in [0.15, 0.2) is 45.2 Å². The molecule has 3 N–H and O–H groups in total. The first-order valence-corrected chi connectivity index (χ1v) is 13.6. The molecule has 0 saturated heterocycles. The molecular formula is C25H29N7O5S. The number of nitrogens with one attached hydrogen (secondary N) is 3. The van der Waals surface area contributed by atoms with Crippen molar-refractivity contribution in [1.29, 1.82) is 0 Å². The molecule has 1 aromatic carbocycles. The summed E-state index contributed by atoms with van der Waals surface area (Å²) in [6.07, 6.45) is 8.85. The maximum absolute atomic E-state index is 12.8. The number of hydrogen-bond donors (Lipinski definition) is 3. The van der Waals surface area contributed by atoms with Crippen LogP contribution in [0.2, 0.25) is 0 Å². The molecule has 1 aromatic heterocycles. The third-order valence-corrected chi connectivity index (χ3v) is 7.77. The van der Waals surface area contributed by atoms with Crippen molar-refractivity contribution < 1.29 is 22.8 Å². The summed E-state index contributed by atoms with van der Waals surface area (Å²) in [5, 5.41) is 8.92. The Morgan fingerprint density at radius 2 is 1.76 bits per heavy atom. The monoisotopic (exact) mass is 539 g/mol. The smallest absolute Gasteiger partial charge is 0.333 e. The van der Waals surface area contributed by atoms with E-state index in [2.05, 4.69) is 38.5 Å². The lowest BCUT2D eigenvalue weighted by atomic mass is 9.99. The van der Waals surface area contributed by atoms with Crippen molar-refractivity contribution in [2.75, 3.05) is 11.9 Å². The largest absolute Gasteiger partial charge is 0.342 e. The number of carbonyl (C=O) groups excluding carboxylic acids is 3. The first kappa shape index (κ1) is 26.9. The highest BCUT2D eigenvalue weighted by Gasteiger charge is 2.27. The van der Waals surface area contributed by atoms with E-state index >= 15 is 0 Å². The second-order valence-electron chi connectivity index (χ2n) is 9.13. The maximum Gasteiger partial charge on any atom is 0.333 e. The molecule has 0 spiro atoms. The highest BCUT2D eigenvalue weighted by Crippen LogP contribution is 2.38. The van der Waals surface area contributed by atoms with Crippen molar-refractivity contribution in [2.45, 2.75) is 57.3 Å². The molecule has 0 fully saturated rings. The molecule has 38 heavy (non-hydrogen) atoms. The van der Waals surface area contributed by atoms with Crippen molar-refractivity contribution in [2.24, 2.45) is 9.98 Å². The van der Waals surface area contributed by atoms with Crippen molar-refractivity contribution in [3.8, 4) is 0 Å². The van der Waals surface area contributed by atoms with Gasteiger partial charge in [-0.3, -0.25) is 19.6 Å². The molecule has 0 atom stereocenters. The minimum Gasteiger partial charge on any atom is -0.342 e. The van der Waals surface area contributed by atoms with Crippen LogP contribution in [-0.2, 0) is 40.5 Å². The van der Waals surface area contributed by atoms with Gasteiger partial charge >= 0.3 is 6.03 Å². The quantitative estimate of drug-likeness (QED) is 0.435. The lowest BCUT2D eigenvalue weighted by Gasteiger charge is -2.16. The van der Waals surface area contributed by atoms with Crippen molar-refractivity contribution in [3.05, 3.63) is 52.6 Å². The second kappa shape index (κ2) is 11.1. The maximum atomic E-state index is 12.8. The molecular weight excluding hydrogens is 510 g/mol. The average Bonchev–Trinajstić information content (AvgIpc) is 3.65. The van der Waals surface area contributed by atoms with Gasteiger partial charge in [0.2, 0.25) is 0 Å². The van der Waals surface area contributed by atoms with E-state index in [-0.39, 0.29) is 10.6 Å². The lowest BCUT2D eigenvalue weighted by molar-refractivity contribution is -0.114. The van der Waals surface area contributed by atoms with Crippen LogP contribution in [0.5, 0.6) is 0 Å². The topological polar surface area (TPSA) is 164 Å². The molecule has 2 aliphatic rings. The SMILES string of the molecule is C=N/C(C)=C\N=C(C)C(=O)NCC(=O)n1cc(S(=O)(=O)NC(=O)Nc2c3c(cc4c2CCC4)CCC3)cn1. The molecule has 3 amide bonds. The summed E-state index contributed by atoms with van der Waals surface area (Å²) < 4.78 is 28.4. The van der Waals surface area contributed by atoms with Crippen LogP contribution in [0.25, 0.3) is 0 Å². The van der Waals surface area contributed by atoms with Gasteiger partial charge in [0.05, 0.1) is 24.6 Å². The summed E-state index contributed by atoms with van der Waals surface area (Å²) in [5.41, 5.74) is 5.87. The van der Waals surface area contributed by atoms with Gasteiger partial charge in [0, 0.05) is 11.9 Å². The normalized spacial score (nSPS) is 15.0. The Kier molecular flexibility index (Phi) is 7.86. The first-order valence-electron chi connectivity index (χ1n) is 12.1. The number of anilines is 1. The zero-order chi connectivity index (χ0) is 27.4. The fourth-order valence-electron chi connectivity index (χ4n) is 4.52. The fraction of sp³-hybridized carbons (Fsp3) is 0.360. The van der Waals surface area contributed by atoms with E-state index in [1.54, 1.807) is 6.92 Å². The van der Waals surface area contributed by atoms with Gasteiger partial charge in [0.25, 0.3) is 21.8 Å². The minimum absolute atomic E-state index is 0.0921.